The Morgan fingerprint density at radius 2 is 1.00 bits per heavy atom. The smallest absolute Gasteiger partial charge is 0.0623 e. The number of benzene rings is 5. The van der Waals surface area contributed by atoms with E-state index in [0.717, 1.165) is 6.07 Å². The minimum atomic E-state index is -5.78. The van der Waals surface area contributed by atoms with E-state index < -0.39 is 173 Å². The summed E-state index contributed by atoms with van der Waals surface area (Å²) in [6.07, 6.45) is 0. The van der Waals surface area contributed by atoms with Crippen molar-refractivity contribution in [2.24, 2.45) is 0 Å². The molecule has 0 fully saturated rings. The van der Waals surface area contributed by atoms with Crippen LogP contribution in [0.5, 0.6) is 0 Å². The largest absolute Gasteiger partial charge is 0.179 e. The second-order valence-electron chi connectivity index (χ2n) is 6.58. The Labute approximate surface area is 222 Å². The van der Waals surface area contributed by atoms with E-state index >= 15 is 0 Å². The van der Waals surface area contributed by atoms with Crippen LogP contribution in [0.1, 0.15) is 35.7 Å². The van der Waals surface area contributed by atoms with E-state index in [1.165, 1.54) is 6.92 Å². The topological polar surface area (TPSA) is 0 Å². The summed E-state index contributed by atoms with van der Waals surface area (Å²) in [6, 6.07) is -20.1. The molecule has 0 saturated carbocycles. The van der Waals surface area contributed by atoms with Gasteiger partial charge in [-0.15, -0.1) is 0 Å². The highest BCUT2D eigenvalue weighted by Gasteiger charge is 2.41. The first-order valence-electron chi connectivity index (χ1n) is 20.3. The van der Waals surface area contributed by atoms with Crippen molar-refractivity contribution in [2.75, 3.05) is 0 Å². The molecule has 0 aromatic heterocycles. The van der Waals surface area contributed by atoms with Crippen LogP contribution in [-0.2, 0) is 0 Å². The van der Waals surface area contributed by atoms with Gasteiger partial charge in [-0.2, -0.15) is 0 Å². The molecule has 0 aliphatic rings. The van der Waals surface area contributed by atoms with Crippen molar-refractivity contribution in [2.45, 2.75) is 6.92 Å². The second kappa shape index (κ2) is 8.82. The van der Waals surface area contributed by atoms with Gasteiger partial charge in [-0.1, -0.05) is 145 Å². The predicted octanol–water partition coefficient (Wildman–Crippen LogP) is 5.04. The summed E-state index contributed by atoms with van der Waals surface area (Å²) in [5.74, 6) is 0. The van der Waals surface area contributed by atoms with Crippen molar-refractivity contribution in [1.29, 1.82) is 0 Å². The minimum Gasteiger partial charge on any atom is -0.0623 e. The molecule has 5 rings (SSSR count). The molecular formula is C31H26Si. The summed E-state index contributed by atoms with van der Waals surface area (Å²) in [7, 11) is -5.78. The van der Waals surface area contributed by atoms with Gasteiger partial charge in [0.1, 0.15) is 0 Å². The third-order valence-corrected chi connectivity index (χ3v) is 8.78. The van der Waals surface area contributed by atoms with Crippen molar-refractivity contribution in [3.05, 3.63) is 145 Å². The highest BCUT2D eigenvalue weighted by Crippen LogP contribution is 2.19. The Hall–Kier alpha value is -3.68. The normalized spacial score (nSPS) is 22.4. The summed E-state index contributed by atoms with van der Waals surface area (Å²) >= 11 is 0. The number of hydrogen-bond acceptors (Lipinski definition) is 0. The van der Waals surface area contributed by atoms with E-state index in [9.17, 15) is 8.22 Å². The molecule has 5 aromatic carbocycles. The molecule has 5 aromatic rings. The molecule has 0 spiro atoms. The lowest BCUT2D eigenvalue weighted by atomic mass is 10.1. The van der Waals surface area contributed by atoms with Crippen molar-refractivity contribution in [3.63, 3.8) is 0 Å². The highest BCUT2D eigenvalue weighted by molar-refractivity contribution is 7.19. The summed E-state index contributed by atoms with van der Waals surface area (Å²) in [6.45, 7) is 1.19. The minimum absolute atomic E-state index is 0.316. The highest BCUT2D eigenvalue weighted by atomic mass is 28.3. The number of rotatable bonds is 5. The van der Waals surface area contributed by atoms with Crippen molar-refractivity contribution >= 4 is 28.8 Å². The molecule has 0 amide bonds. The van der Waals surface area contributed by atoms with Crippen molar-refractivity contribution in [3.8, 4) is 11.1 Å². The molecule has 0 radical (unpaired) electrons. The molecule has 154 valence electrons. The average molecular weight is 449 g/mol. The monoisotopic (exact) mass is 448 g/mol. The Kier molecular flexibility index (Phi) is 1.97. The standard InChI is InChI=1S/C31H26Si/c1-25-13-11-21-30(23-25)32(28-17-7-3-8-18-28,29-19-9-4-10-20-29)31-22-12-16-27(24-31)26-14-5-2-6-15-26/h2-24H,1H3/i2D,3D,4D,5D,6D,7D,8D,9D,10D,11D,12D,13D,14D,15D,16D,17D,18D,19D,21D,22D,23D,24D. The first-order valence-corrected chi connectivity index (χ1v) is 11.3. The van der Waals surface area contributed by atoms with E-state index in [0.29, 0.717) is 0 Å². The maximum atomic E-state index is 9.68. The van der Waals surface area contributed by atoms with Crippen LogP contribution in [0.2, 0.25) is 0 Å². The van der Waals surface area contributed by atoms with Gasteiger partial charge >= 0.3 is 0 Å². The van der Waals surface area contributed by atoms with Crippen LogP contribution >= 0.6 is 0 Å². The van der Waals surface area contributed by atoms with Crippen molar-refractivity contribution < 1.29 is 30.2 Å². The Bertz CT molecular complexity index is 2340. The van der Waals surface area contributed by atoms with Gasteiger partial charge in [0.25, 0.3) is 0 Å². The van der Waals surface area contributed by atoms with Gasteiger partial charge in [0.05, 0.1) is 30.2 Å². The molecule has 1 heteroatoms. The van der Waals surface area contributed by atoms with Gasteiger partial charge in [-0.05, 0) is 38.8 Å². The lowest BCUT2D eigenvalue weighted by molar-refractivity contribution is 1.49. The third kappa shape index (κ3) is 3.61. The van der Waals surface area contributed by atoms with Crippen LogP contribution in [0.4, 0.5) is 0 Å². The second-order valence-corrected chi connectivity index (χ2v) is 10.1. The van der Waals surface area contributed by atoms with E-state index in [-0.39, 0.29) is 5.56 Å². The molecular weight excluding hydrogens is 400 g/mol. The fraction of sp³-hybridized carbons (Fsp3) is 0.0323. The maximum Gasteiger partial charge on any atom is 0.179 e. The Balaban J connectivity index is 2.35. The van der Waals surface area contributed by atoms with E-state index in [1.807, 2.05) is 0 Å². The molecule has 0 aliphatic carbocycles. The zero-order valence-electron chi connectivity index (χ0n) is 38.6. The Morgan fingerprint density at radius 1 is 0.469 bits per heavy atom. The molecule has 0 bridgehead atoms. The average Bonchev–Trinajstić information content (AvgIpc) is 3.13. The quantitative estimate of drug-likeness (QED) is 0.261. The van der Waals surface area contributed by atoms with Crippen molar-refractivity contribution in [1.82, 2.24) is 0 Å². The van der Waals surface area contributed by atoms with Gasteiger partial charge in [0, 0.05) is 0 Å². The molecule has 1 atom stereocenters. The first-order chi connectivity index (χ1) is 24.9. The lowest BCUT2D eigenvalue weighted by Gasteiger charge is -2.35. The lowest BCUT2D eigenvalue weighted by Crippen LogP contribution is -2.74. The third-order valence-electron chi connectivity index (χ3n) is 4.70. The van der Waals surface area contributed by atoms with Crippen LogP contribution in [0, 0.1) is 6.92 Å². The van der Waals surface area contributed by atoms with Crippen LogP contribution in [-0.4, -0.2) is 8.07 Å². The molecule has 0 nitrogen and oxygen atoms in total. The van der Waals surface area contributed by atoms with Gasteiger partial charge < -0.3 is 0 Å². The molecule has 0 N–H and O–H groups in total. The zero-order valence-corrected chi connectivity index (χ0v) is 17.6. The molecule has 0 saturated heterocycles. The van der Waals surface area contributed by atoms with Gasteiger partial charge in [-0.25, -0.2) is 0 Å². The molecule has 1 unspecified atom stereocenters. The van der Waals surface area contributed by atoms with Crippen LogP contribution in [0.3, 0.4) is 0 Å². The summed E-state index contributed by atoms with van der Waals surface area (Å²) < 4.78 is 193. The van der Waals surface area contributed by atoms with Gasteiger partial charge in [0.2, 0.25) is 0 Å². The number of hydrogen-bond donors (Lipinski definition) is 0. The summed E-state index contributed by atoms with van der Waals surface area (Å²) in [4.78, 5) is 0. The van der Waals surface area contributed by atoms with Gasteiger partial charge in [0.15, 0.2) is 8.07 Å². The molecule has 0 aliphatic heterocycles. The summed E-state index contributed by atoms with van der Waals surface area (Å²) in [5, 5.41) is -3.25. The van der Waals surface area contributed by atoms with Crippen LogP contribution < -0.4 is 20.7 Å². The van der Waals surface area contributed by atoms with E-state index in [1.54, 1.807) is 0 Å². The van der Waals surface area contributed by atoms with Crippen LogP contribution in [0.15, 0.2) is 139 Å². The fourth-order valence-electron chi connectivity index (χ4n) is 3.35. The molecule has 32 heavy (non-hydrogen) atoms. The maximum absolute atomic E-state index is 9.68. The predicted molar refractivity (Wildman–Crippen MR) is 140 cm³/mol. The Morgan fingerprint density at radius 3 is 1.75 bits per heavy atom. The zero-order chi connectivity index (χ0) is 41.0. The van der Waals surface area contributed by atoms with E-state index in [2.05, 4.69) is 0 Å². The molecule has 0 heterocycles. The van der Waals surface area contributed by atoms with E-state index in [4.69, 9.17) is 21.9 Å². The first kappa shape index (κ1) is 7.16. The summed E-state index contributed by atoms with van der Waals surface area (Å²) in [5.41, 5.74) is -1.99. The fourth-order valence-corrected chi connectivity index (χ4v) is 7.14. The SMILES string of the molecule is [2H]c1cc([Si](c2c([2H])c([2H])c([2H])c([2H])c2[2H])(c2c([2H])c([2H])c([2H])c(C)c2[2H])c2c([2H])c([2H])c([2H])c(-c3c([2H])c([2H])c([2H])c([2H])c3[2H])c2[2H])c([2H])c([2H])c1[2H]. The van der Waals surface area contributed by atoms with Gasteiger partial charge in [-0.3, -0.25) is 0 Å². The van der Waals surface area contributed by atoms with Crippen LogP contribution in [0.25, 0.3) is 11.1 Å².